The molecule has 1 heterocycles. The summed E-state index contributed by atoms with van der Waals surface area (Å²) in [4.78, 5) is 11.1. The van der Waals surface area contributed by atoms with E-state index in [1.165, 1.54) is 6.07 Å². The molecule has 0 aromatic heterocycles. The van der Waals surface area contributed by atoms with E-state index >= 15 is 0 Å². The molecule has 1 aliphatic rings. The molecular formula is C12H14Cl2N2O2. The Morgan fingerprint density at radius 1 is 1.39 bits per heavy atom. The van der Waals surface area contributed by atoms with E-state index in [1.54, 1.807) is 6.07 Å². The molecule has 1 aromatic carbocycles. The third-order valence-electron chi connectivity index (χ3n) is 3.24. The molecule has 1 saturated heterocycles. The Balaban J connectivity index is 2.20. The monoisotopic (exact) mass is 288 g/mol. The summed E-state index contributed by atoms with van der Waals surface area (Å²) in [5.74, 6) is 0.163. The van der Waals surface area contributed by atoms with Crippen molar-refractivity contribution in [3.63, 3.8) is 0 Å². The number of piperidine rings is 1. The lowest BCUT2D eigenvalue weighted by Gasteiger charge is -2.28. The number of nitrogens with two attached hydrogens (primary N) is 1. The van der Waals surface area contributed by atoms with Crippen molar-refractivity contribution in [3.8, 4) is 5.75 Å². The molecule has 18 heavy (non-hydrogen) atoms. The molecule has 2 rings (SSSR count). The van der Waals surface area contributed by atoms with E-state index in [-0.39, 0.29) is 23.6 Å². The number of benzene rings is 1. The molecule has 2 atom stereocenters. The summed E-state index contributed by atoms with van der Waals surface area (Å²) in [5.41, 5.74) is 6.68. The van der Waals surface area contributed by atoms with Gasteiger partial charge in [-0.3, -0.25) is 4.79 Å². The second-order valence-corrected chi connectivity index (χ2v) is 5.27. The summed E-state index contributed by atoms with van der Waals surface area (Å²) in [5, 5.41) is 13.3. The normalized spacial score (nSPS) is 21.5. The molecule has 1 aliphatic heterocycles. The summed E-state index contributed by atoms with van der Waals surface area (Å²) in [6, 6.07) is 2.60. The molecular weight excluding hydrogens is 275 g/mol. The van der Waals surface area contributed by atoms with Crippen molar-refractivity contribution >= 4 is 29.1 Å². The predicted molar refractivity (Wildman–Crippen MR) is 70.8 cm³/mol. The maximum atomic E-state index is 11.1. The number of aromatic hydroxyl groups is 1. The van der Waals surface area contributed by atoms with Crippen LogP contribution in [0.2, 0.25) is 10.0 Å². The Morgan fingerprint density at radius 3 is 2.67 bits per heavy atom. The molecule has 1 aromatic rings. The Hall–Kier alpha value is -0.970. The van der Waals surface area contributed by atoms with Crippen LogP contribution in [0.15, 0.2) is 12.1 Å². The topological polar surface area (TPSA) is 75.3 Å². The molecule has 4 nitrogen and oxygen atoms in total. The van der Waals surface area contributed by atoms with Crippen molar-refractivity contribution in [2.24, 2.45) is 11.7 Å². The van der Waals surface area contributed by atoms with E-state index < -0.39 is 0 Å². The van der Waals surface area contributed by atoms with E-state index in [2.05, 4.69) is 5.32 Å². The number of nitrogens with one attached hydrogen (secondary N) is 1. The van der Waals surface area contributed by atoms with Crippen LogP contribution in [0.5, 0.6) is 5.75 Å². The number of carbonyl (C=O) groups excluding carboxylic acids is 1. The van der Waals surface area contributed by atoms with Crippen LogP contribution in [0.3, 0.4) is 0 Å². The van der Waals surface area contributed by atoms with Gasteiger partial charge in [0.05, 0.1) is 10.0 Å². The largest absolute Gasteiger partial charge is 0.508 e. The summed E-state index contributed by atoms with van der Waals surface area (Å²) in [7, 11) is 0. The van der Waals surface area contributed by atoms with Crippen molar-refractivity contribution in [3.05, 3.63) is 27.7 Å². The average Bonchev–Trinajstić information content (AvgIpc) is 2.34. The first-order valence-electron chi connectivity index (χ1n) is 5.69. The zero-order valence-corrected chi connectivity index (χ0v) is 11.1. The second-order valence-electron chi connectivity index (χ2n) is 4.45. The van der Waals surface area contributed by atoms with E-state index in [0.717, 1.165) is 0 Å². The van der Waals surface area contributed by atoms with Gasteiger partial charge >= 0.3 is 0 Å². The number of amides is 1. The van der Waals surface area contributed by atoms with E-state index in [9.17, 15) is 9.90 Å². The van der Waals surface area contributed by atoms with Crippen molar-refractivity contribution in [1.82, 2.24) is 5.32 Å². The Kier molecular flexibility index (Phi) is 4.00. The summed E-state index contributed by atoms with van der Waals surface area (Å²) >= 11 is 11.7. The average molecular weight is 289 g/mol. The van der Waals surface area contributed by atoms with Crippen LogP contribution in [0.1, 0.15) is 24.4 Å². The molecule has 1 amide bonds. The van der Waals surface area contributed by atoms with Gasteiger partial charge in [0, 0.05) is 30.6 Å². The number of carbonyl (C=O) groups is 1. The number of rotatable bonds is 2. The van der Waals surface area contributed by atoms with Gasteiger partial charge in [0.1, 0.15) is 5.75 Å². The molecule has 0 radical (unpaired) electrons. The molecule has 0 aliphatic carbocycles. The van der Waals surface area contributed by atoms with Crippen molar-refractivity contribution in [1.29, 1.82) is 0 Å². The van der Waals surface area contributed by atoms with E-state index in [0.29, 0.717) is 35.0 Å². The Labute approximate surface area is 115 Å². The van der Waals surface area contributed by atoms with Crippen molar-refractivity contribution in [2.45, 2.75) is 18.9 Å². The molecule has 6 heteroatoms. The van der Waals surface area contributed by atoms with Gasteiger partial charge in [0.25, 0.3) is 0 Å². The fourth-order valence-corrected chi connectivity index (χ4v) is 2.46. The molecule has 0 saturated carbocycles. The van der Waals surface area contributed by atoms with E-state index in [1.807, 2.05) is 0 Å². The first-order valence-corrected chi connectivity index (χ1v) is 6.45. The highest BCUT2D eigenvalue weighted by Gasteiger charge is 2.26. The smallest absolute Gasteiger partial charge is 0.220 e. The quantitative estimate of drug-likeness (QED) is 0.781. The number of halogens is 2. The molecule has 1 fully saturated rings. The number of hydrogen-bond donors (Lipinski definition) is 3. The maximum Gasteiger partial charge on any atom is 0.220 e. The lowest BCUT2D eigenvalue weighted by atomic mass is 9.87. The third kappa shape index (κ3) is 2.71. The minimum atomic E-state index is -0.375. The highest BCUT2D eigenvalue weighted by Crippen LogP contribution is 2.36. The highest BCUT2D eigenvalue weighted by molar-refractivity contribution is 6.42. The summed E-state index contributed by atoms with van der Waals surface area (Å²) < 4.78 is 0. The lowest BCUT2D eigenvalue weighted by molar-refractivity contribution is -0.123. The van der Waals surface area contributed by atoms with Crippen LogP contribution in [0.25, 0.3) is 0 Å². The predicted octanol–water partition coefficient (Wildman–Crippen LogP) is 2.22. The molecule has 0 spiro atoms. The fourth-order valence-electron chi connectivity index (χ4n) is 2.13. The van der Waals surface area contributed by atoms with Gasteiger partial charge in [0.2, 0.25) is 5.91 Å². The second kappa shape index (κ2) is 5.34. The van der Waals surface area contributed by atoms with Crippen LogP contribution in [-0.4, -0.2) is 17.6 Å². The van der Waals surface area contributed by atoms with Crippen LogP contribution in [-0.2, 0) is 4.79 Å². The molecule has 98 valence electrons. The SMILES string of the molecule is N[C@@H](c1cc(Cl)c(Cl)cc1O)[C@H]1CCC(=O)NC1. The van der Waals surface area contributed by atoms with Gasteiger partial charge in [0.15, 0.2) is 0 Å². The maximum absolute atomic E-state index is 11.1. The number of phenolic OH excluding ortho intramolecular Hbond substituents is 1. The Bertz CT molecular complexity index is 469. The fraction of sp³-hybridized carbons (Fsp3) is 0.417. The summed E-state index contributed by atoms with van der Waals surface area (Å²) in [6.07, 6.45) is 1.16. The van der Waals surface area contributed by atoms with Crippen molar-refractivity contribution in [2.75, 3.05) is 6.54 Å². The third-order valence-corrected chi connectivity index (χ3v) is 3.96. The van der Waals surface area contributed by atoms with E-state index in [4.69, 9.17) is 28.9 Å². The zero-order valence-electron chi connectivity index (χ0n) is 9.62. The molecule has 0 bridgehead atoms. The van der Waals surface area contributed by atoms with Gasteiger partial charge in [-0.15, -0.1) is 0 Å². The van der Waals surface area contributed by atoms with Gasteiger partial charge in [-0.25, -0.2) is 0 Å². The van der Waals surface area contributed by atoms with Gasteiger partial charge < -0.3 is 16.2 Å². The van der Waals surface area contributed by atoms with Crippen LogP contribution in [0, 0.1) is 5.92 Å². The standard InChI is InChI=1S/C12H14Cl2N2O2/c13-8-3-7(10(17)4-9(8)14)12(15)6-1-2-11(18)16-5-6/h3-4,6,12,17H,1-2,5,15H2,(H,16,18)/t6-,12+/m0/s1. The van der Waals surface area contributed by atoms with Crippen LogP contribution < -0.4 is 11.1 Å². The summed E-state index contributed by atoms with van der Waals surface area (Å²) in [6.45, 7) is 0.514. The van der Waals surface area contributed by atoms with Crippen LogP contribution >= 0.6 is 23.2 Å². The van der Waals surface area contributed by atoms with Gasteiger partial charge in [-0.1, -0.05) is 23.2 Å². The van der Waals surface area contributed by atoms with Crippen molar-refractivity contribution < 1.29 is 9.90 Å². The zero-order chi connectivity index (χ0) is 13.3. The minimum Gasteiger partial charge on any atom is -0.508 e. The first-order chi connectivity index (χ1) is 8.49. The Morgan fingerprint density at radius 2 is 2.06 bits per heavy atom. The molecule has 0 unspecified atom stereocenters. The highest BCUT2D eigenvalue weighted by atomic mass is 35.5. The molecule has 4 N–H and O–H groups in total. The first kappa shape index (κ1) is 13.5. The van der Waals surface area contributed by atoms with Gasteiger partial charge in [-0.2, -0.15) is 0 Å². The lowest BCUT2D eigenvalue weighted by Crippen LogP contribution is -2.39. The number of hydrogen-bond acceptors (Lipinski definition) is 3. The minimum absolute atomic E-state index is 0.0359. The van der Waals surface area contributed by atoms with Gasteiger partial charge in [-0.05, 0) is 18.4 Å². The number of phenols is 1. The van der Waals surface area contributed by atoms with Crippen LogP contribution in [0.4, 0.5) is 0 Å².